The Hall–Kier alpha value is -2.53. The van der Waals surface area contributed by atoms with Crippen LogP contribution in [0.1, 0.15) is 11.1 Å². The highest BCUT2D eigenvalue weighted by molar-refractivity contribution is 6.31. The minimum atomic E-state index is -0.634. The van der Waals surface area contributed by atoms with Crippen molar-refractivity contribution in [3.8, 4) is 5.75 Å². The molecular weight excluding hydrogens is 304 g/mol. The van der Waals surface area contributed by atoms with E-state index in [1.807, 2.05) is 48.5 Å². The summed E-state index contributed by atoms with van der Waals surface area (Å²) in [6, 6.07) is 14.8. The molecule has 0 aliphatic rings. The second-order valence-electron chi connectivity index (χ2n) is 4.28. The van der Waals surface area contributed by atoms with Crippen molar-refractivity contribution in [3.63, 3.8) is 0 Å². The molecule has 0 heterocycles. The van der Waals surface area contributed by atoms with Gasteiger partial charge in [-0.15, -0.1) is 0 Å². The van der Waals surface area contributed by atoms with Gasteiger partial charge in [0.2, 0.25) is 0 Å². The van der Waals surface area contributed by atoms with Crippen molar-refractivity contribution in [1.82, 2.24) is 5.43 Å². The van der Waals surface area contributed by atoms with E-state index in [0.29, 0.717) is 17.4 Å². The third-order valence-electron chi connectivity index (χ3n) is 2.80. The van der Waals surface area contributed by atoms with Crippen LogP contribution >= 0.6 is 11.6 Å². The van der Waals surface area contributed by atoms with Crippen LogP contribution in [0.4, 0.5) is 4.79 Å². The lowest BCUT2D eigenvalue weighted by atomic mass is 10.2. The Balaban J connectivity index is 2.05. The number of hydrazone groups is 1. The molecule has 1 amide bonds. The van der Waals surface area contributed by atoms with E-state index in [0.717, 1.165) is 11.1 Å². The molecule has 0 fully saturated rings. The predicted molar refractivity (Wildman–Crippen MR) is 85.4 cm³/mol. The van der Waals surface area contributed by atoms with E-state index in [4.69, 9.17) is 16.3 Å². The fraction of sp³-hybridized carbons (Fsp3) is 0.125. The maximum absolute atomic E-state index is 10.9. The lowest BCUT2D eigenvalue weighted by Gasteiger charge is -2.10. The van der Waals surface area contributed by atoms with Gasteiger partial charge in [-0.1, -0.05) is 41.9 Å². The Morgan fingerprint density at radius 3 is 2.73 bits per heavy atom. The van der Waals surface area contributed by atoms with Gasteiger partial charge in [-0.2, -0.15) is 5.10 Å². The summed E-state index contributed by atoms with van der Waals surface area (Å²) in [5.41, 5.74) is 3.84. The molecule has 2 rings (SSSR count). The van der Waals surface area contributed by atoms with Crippen LogP contribution < -0.4 is 10.2 Å². The number of nitrogens with zero attached hydrogens (tertiary/aromatic N) is 1. The molecular formula is C16H15ClN2O3. The Morgan fingerprint density at radius 2 is 1.95 bits per heavy atom. The molecule has 22 heavy (non-hydrogen) atoms. The van der Waals surface area contributed by atoms with Crippen LogP contribution in [0, 0.1) is 0 Å². The quantitative estimate of drug-likeness (QED) is 0.676. The zero-order valence-corrected chi connectivity index (χ0v) is 12.7. The summed E-state index contributed by atoms with van der Waals surface area (Å²) in [6.45, 7) is 0.342. The molecule has 1 N–H and O–H groups in total. The van der Waals surface area contributed by atoms with Crippen LogP contribution in [0.3, 0.4) is 0 Å². The highest BCUT2D eigenvalue weighted by atomic mass is 35.5. The number of methoxy groups -OCH3 is 1. The van der Waals surface area contributed by atoms with Gasteiger partial charge in [0.15, 0.2) is 0 Å². The van der Waals surface area contributed by atoms with Crippen LogP contribution in [-0.2, 0) is 11.3 Å². The van der Waals surface area contributed by atoms with E-state index in [2.05, 4.69) is 15.3 Å². The summed E-state index contributed by atoms with van der Waals surface area (Å²) >= 11 is 6.10. The number of carbonyl (C=O) groups is 1. The predicted octanol–water partition coefficient (Wildman–Crippen LogP) is 3.61. The Labute approximate surface area is 133 Å². The third-order valence-corrected chi connectivity index (χ3v) is 3.17. The summed E-state index contributed by atoms with van der Waals surface area (Å²) < 4.78 is 10.2. The van der Waals surface area contributed by atoms with Crippen molar-refractivity contribution < 1.29 is 14.3 Å². The Bertz CT molecular complexity index is 674. The first-order valence-electron chi connectivity index (χ1n) is 6.53. The van der Waals surface area contributed by atoms with E-state index in [1.165, 1.54) is 13.3 Å². The zero-order valence-electron chi connectivity index (χ0n) is 12.0. The van der Waals surface area contributed by atoms with Gasteiger partial charge in [-0.25, -0.2) is 10.2 Å². The Morgan fingerprint density at radius 1 is 1.23 bits per heavy atom. The molecule has 114 valence electrons. The van der Waals surface area contributed by atoms with Crippen LogP contribution in [-0.4, -0.2) is 19.4 Å². The van der Waals surface area contributed by atoms with E-state index in [-0.39, 0.29) is 0 Å². The largest absolute Gasteiger partial charge is 0.488 e. The number of para-hydroxylation sites is 1. The number of benzene rings is 2. The number of hydrogen-bond acceptors (Lipinski definition) is 4. The van der Waals surface area contributed by atoms with Gasteiger partial charge in [-0.05, 0) is 18.2 Å². The van der Waals surface area contributed by atoms with Crippen LogP contribution in [0.2, 0.25) is 5.02 Å². The maximum atomic E-state index is 10.9. The van der Waals surface area contributed by atoms with Gasteiger partial charge in [0.05, 0.1) is 13.3 Å². The number of halogens is 1. The number of hydrogen-bond donors (Lipinski definition) is 1. The minimum absolute atomic E-state index is 0.342. The first-order chi connectivity index (χ1) is 10.7. The average molecular weight is 319 g/mol. The number of nitrogens with one attached hydrogen (secondary N) is 1. The molecule has 0 radical (unpaired) electrons. The van der Waals surface area contributed by atoms with Gasteiger partial charge in [0, 0.05) is 16.1 Å². The van der Waals surface area contributed by atoms with Gasteiger partial charge >= 0.3 is 6.09 Å². The average Bonchev–Trinajstić information content (AvgIpc) is 2.55. The highest BCUT2D eigenvalue weighted by Gasteiger charge is 2.04. The van der Waals surface area contributed by atoms with Gasteiger partial charge in [-0.3, -0.25) is 0 Å². The molecule has 0 aliphatic carbocycles. The fourth-order valence-corrected chi connectivity index (χ4v) is 1.88. The second kappa shape index (κ2) is 8.05. The summed E-state index contributed by atoms with van der Waals surface area (Å²) in [5.74, 6) is 0.637. The topological polar surface area (TPSA) is 59.9 Å². The molecule has 0 bridgehead atoms. The lowest BCUT2D eigenvalue weighted by molar-refractivity contribution is 0.171. The molecule has 0 unspecified atom stereocenters. The normalized spacial score (nSPS) is 10.5. The van der Waals surface area contributed by atoms with Crippen molar-refractivity contribution in [2.24, 2.45) is 5.10 Å². The van der Waals surface area contributed by atoms with Gasteiger partial charge < -0.3 is 9.47 Å². The zero-order chi connectivity index (χ0) is 15.8. The number of ether oxygens (including phenoxy) is 2. The molecule has 6 heteroatoms. The third kappa shape index (κ3) is 4.49. The fourth-order valence-electron chi connectivity index (χ4n) is 1.69. The summed E-state index contributed by atoms with van der Waals surface area (Å²) in [7, 11) is 1.27. The molecule has 5 nitrogen and oxygen atoms in total. The van der Waals surface area contributed by atoms with E-state index in [9.17, 15) is 4.79 Å². The first-order valence-corrected chi connectivity index (χ1v) is 6.90. The lowest BCUT2D eigenvalue weighted by Crippen LogP contribution is -2.16. The van der Waals surface area contributed by atoms with E-state index in [1.54, 1.807) is 0 Å². The maximum Gasteiger partial charge on any atom is 0.427 e. The van der Waals surface area contributed by atoms with Crippen molar-refractivity contribution in [2.45, 2.75) is 6.61 Å². The van der Waals surface area contributed by atoms with Crippen LogP contribution in [0.5, 0.6) is 5.75 Å². The number of amides is 1. The molecule has 0 spiro atoms. The standard InChI is InChI=1S/C16H15ClN2O3/c1-21-16(20)19-18-10-12-6-3-5-9-15(12)22-11-13-7-2-4-8-14(13)17/h2-10H,11H2,1H3,(H,19,20)/b18-10+. The minimum Gasteiger partial charge on any atom is -0.488 e. The van der Waals surface area contributed by atoms with E-state index < -0.39 is 6.09 Å². The summed E-state index contributed by atoms with van der Waals surface area (Å²) in [5, 5.41) is 4.44. The molecule has 0 aliphatic heterocycles. The van der Waals surface area contributed by atoms with Crippen molar-refractivity contribution >= 4 is 23.9 Å². The first kappa shape index (κ1) is 15.9. The summed E-state index contributed by atoms with van der Waals surface area (Å²) in [4.78, 5) is 10.9. The van der Waals surface area contributed by atoms with Gasteiger partial charge in [0.25, 0.3) is 0 Å². The molecule has 0 saturated carbocycles. The van der Waals surface area contributed by atoms with E-state index >= 15 is 0 Å². The second-order valence-corrected chi connectivity index (χ2v) is 4.69. The van der Waals surface area contributed by atoms with Crippen LogP contribution in [0.25, 0.3) is 0 Å². The monoisotopic (exact) mass is 318 g/mol. The van der Waals surface area contributed by atoms with Crippen LogP contribution in [0.15, 0.2) is 53.6 Å². The molecule has 2 aromatic rings. The van der Waals surface area contributed by atoms with Crippen molar-refractivity contribution in [2.75, 3.05) is 7.11 Å². The highest BCUT2D eigenvalue weighted by Crippen LogP contribution is 2.20. The SMILES string of the molecule is COC(=O)N/N=C/c1ccccc1OCc1ccccc1Cl. The molecule has 0 atom stereocenters. The van der Waals surface area contributed by atoms with Gasteiger partial charge in [0.1, 0.15) is 12.4 Å². The smallest absolute Gasteiger partial charge is 0.427 e. The molecule has 0 saturated heterocycles. The summed E-state index contributed by atoms with van der Waals surface area (Å²) in [6.07, 6.45) is 0.851. The van der Waals surface area contributed by atoms with Crippen molar-refractivity contribution in [1.29, 1.82) is 0 Å². The number of carbonyl (C=O) groups excluding carboxylic acids is 1. The Kier molecular flexibility index (Phi) is 5.80. The number of rotatable bonds is 5. The molecule has 2 aromatic carbocycles. The van der Waals surface area contributed by atoms with Crippen molar-refractivity contribution in [3.05, 3.63) is 64.7 Å². The molecule has 0 aromatic heterocycles.